The number of methoxy groups -OCH3 is 1. The molecule has 1 heterocycles. The van der Waals surface area contributed by atoms with Gasteiger partial charge >= 0.3 is 0 Å². The van der Waals surface area contributed by atoms with E-state index in [9.17, 15) is 5.11 Å². The van der Waals surface area contributed by atoms with Gasteiger partial charge in [-0.1, -0.05) is 11.6 Å². The Morgan fingerprint density at radius 3 is 2.88 bits per heavy atom. The molecule has 1 atom stereocenters. The predicted molar refractivity (Wildman–Crippen MR) is 75.9 cm³/mol. The summed E-state index contributed by atoms with van der Waals surface area (Å²) in [7, 11) is 1.63. The maximum absolute atomic E-state index is 10.0. The zero-order chi connectivity index (χ0) is 12.9. The predicted octanol–water partition coefficient (Wildman–Crippen LogP) is 3.04. The normalized spacial score (nSPS) is 14.9. The largest absolute Gasteiger partial charge is 0.389 e. The molecule has 0 fully saturated rings. The molecule has 98 valence electrons. The maximum atomic E-state index is 10.0. The first kappa shape index (κ1) is 15.4. The molecule has 0 saturated carbocycles. The van der Waals surface area contributed by atoms with E-state index in [1.807, 2.05) is 6.07 Å². The summed E-state index contributed by atoms with van der Waals surface area (Å²) >= 11 is 10.8. The highest BCUT2D eigenvalue weighted by Gasteiger charge is 2.19. The van der Waals surface area contributed by atoms with Crippen LogP contribution >= 0.6 is 38.9 Å². The number of aliphatic hydroxyl groups is 1. The van der Waals surface area contributed by atoms with Crippen LogP contribution in [0.15, 0.2) is 10.5 Å². The number of nitrogens with one attached hydrogen (secondary N) is 1. The van der Waals surface area contributed by atoms with Crippen LogP contribution in [0.5, 0.6) is 0 Å². The second kappa shape index (κ2) is 7.07. The van der Waals surface area contributed by atoms with Crippen LogP contribution in [0.4, 0.5) is 0 Å². The van der Waals surface area contributed by atoms with Gasteiger partial charge in [-0.15, -0.1) is 11.3 Å². The lowest BCUT2D eigenvalue weighted by atomic mass is 10.0. The van der Waals surface area contributed by atoms with Gasteiger partial charge in [0.2, 0.25) is 0 Å². The van der Waals surface area contributed by atoms with Crippen molar-refractivity contribution in [2.24, 2.45) is 0 Å². The van der Waals surface area contributed by atoms with Crippen molar-refractivity contribution in [1.82, 2.24) is 5.32 Å². The van der Waals surface area contributed by atoms with E-state index in [0.717, 1.165) is 13.7 Å². The number of hydrogen-bond acceptors (Lipinski definition) is 4. The number of ether oxygens (including phenoxy) is 1. The Bertz CT molecular complexity index is 338. The van der Waals surface area contributed by atoms with Crippen molar-refractivity contribution in [2.75, 3.05) is 20.3 Å². The van der Waals surface area contributed by atoms with Gasteiger partial charge in [-0.25, -0.2) is 0 Å². The first-order valence-corrected chi connectivity index (χ1v) is 7.29. The summed E-state index contributed by atoms with van der Waals surface area (Å²) in [5.74, 6) is 0. The highest BCUT2D eigenvalue weighted by atomic mass is 79.9. The van der Waals surface area contributed by atoms with Gasteiger partial charge in [0.1, 0.15) is 4.34 Å². The van der Waals surface area contributed by atoms with E-state index in [1.54, 1.807) is 14.0 Å². The molecular weight excluding hydrogens is 326 g/mol. The molecule has 0 saturated heterocycles. The maximum Gasteiger partial charge on any atom is 0.107 e. The first-order valence-electron chi connectivity index (χ1n) is 5.30. The van der Waals surface area contributed by atoms with E-state index < -0.39 is 5.60 Å². The lowest BCUT2D eigenvalue weighted by Gasteiger charge is -2.23. The summed E-state index contributed by atoms with van der Waals surface area (Å²) in [5.41, 5.74) is -0.742. The topological polar surface area (TPSA) is 41.5 Å². The van der Waals surface area contributed by atoms with Gasteiger partial charge in [-0.2, -0.15) is 0 Å². The third kappa shape index (κ3) is 5.68. The van der Waals surface area contributed by atoms with Crippen LogP contribution in [0.1, 0.15) is 18.2 Å². The molecule has 6 heteroatoms. The van der Waals surface area contributed by atoms with Crippen molar-refractivity contribution in [3.63, 3.8) is 0 Å². The quantitative estimate of drug-likeness (QED) is 0.800. The van der Waals surface area contributed by atoms with E-state index in [4.69, 9.17) is 16.3 Å². The zero-order valence-corrected chi connectivity index (χ0v) is 13.1. The van der Waals surface area contributed by atoms with Crippen molar-refractivity contribution >= 4 is 38.9 Å². The molecule has 0 aliphatic rings. The van der Waals surface area contributed by atoms with Crippen molar-refractivity contribution in [3.05, 3.63) is 19.8 Å². The van der Waals surface area contributed by atoms with Crippen LogP contribution in [0, 0.1) is 0 Å². The lowest BCUT2D eigenvalue weighted by Crippen LogP contribution is -2.38. The van der Waals surface area contributed by atoms with Crippen LogP contribution < -0.4 is 5.32 Å². The third-order valence-corrected chi connectivity index (χ3v) is 4.82. The molecule has 1 aromatic rings. The number of thiophene rings is 1. The van der Waals surface area contributed by atoms with Gasteiger partial charge in [-0.3, -0.25) is 0 Å². The zero-order valence-electron chi connectivity index (χ0n) is 9.93. The van der Waals surface area contributed by atoms with E-state index >= 15 is 0 Å². The fourth-order valence-corrected chi connectivity index (χ4v) is 3.10. The molecule has 1 aromatic heterocycles. The van der Waals surface area contributed by atoms with Crippen molar-refractivity contribution in [1.29, 1.82) is 0 Å². The Hall–Kier alpha value is 0.350. The molecule has 1 unspecified atom stereocenters. The van der Waals surface area contributed by atoms with E-state index in [2.05, 4.69) is 21.2 Å². The SMILES string of the molecule is COCCC(C)(O)CNCc1cc(Br)c(Cl)s1. The average Bonchev–Trinajstić information content (AvgIpc) is 2.55. The van der Waals surface area contributed by atoms with E-state index in [0.29, 0.717) is 26.1 Å². The minimum Gasteiger partial charge on any atom is -0.389 e. The summed E-state index contributed by atoms with van der Waals surface area (Å²) in [6.45, 7) is 3.60. The number of hydrogen-bond donors (Lipinski definition) is 2. The second-order valence-corrected chi connectivity index (χ2v) is 6.77. The molecule has 0 amide bonds. The van der Waals surface area contributed by atoms with Gasteiger partial charge in [-0.05, 0) is 28.9 Å². The number of halogens is 2. The summed E-state index contributed by atoms with van der Waals surface area (Å²) in [6.07, 6.45) is 0.616. The smallest absolute Gasteiger partial charge is 0.107 e. The highest BCUT2D eigenvalue weighted by molar-refractivity contribution is 9.10. The van der Waals surface area contributed by atoms with Gasteiger partial charge < -0.3 is 15.2 Å². The Morgan fingerprint density at radius 1 is 1.65 bits per heavy atom. The summed E-state index contributed by atoms with van der Waals surface area (Å²) < 4.78 is 6.63. The van der Waals surface area contributed by atoms with Gasteiger partial charge in [0, 0.05) is 42.6 Å². The van der Waals surface area contributed by atoms with Crippen molar-refractivity contribution in [3.8, 4) is 0 Å². The minimum absolute atomic E-state index is 0.531. The van der Waals surface area contributed by atoms with Gasteiger partial charge in [0.05, 0.1) is 5.60 Å². The minimum atomic E-state index is -0.742. The lowest BCUT2D eigenvalue weighted by molar-refractivity contribution is 0.0248. The van der Waals surface area contributed by atoms with E-state index in [-0.39, 0.29) is 0 Å². The Labute approximate surface area is 119 Å². The molecule has 0 aliphatic heterocycles. The molecule has 0 aromatic carbocycles. The van der Waals surface area contributed by atoms with E-state index in [1.165, 1.54) is 11.3 Å². The molecule has 0 bridgehead atoms. The monoisotopic (exact) mass is 341 g/mol. The van der Waals surface area contributed by atoms with Crippen LogP contribution in [0.3, 0.4) is 0 Å². The van der Waals surface area contributed by atoms with Crippen LogP contribution in [0.2, 0.25) is 4.34 Å². The Balaban J connectivity index is 2.31. The van der Waals surface area contributed by atoms with Crippen LogP contribution in [0.25, 0.3) is 0 Å². The van der Waals surface area contributed by atoms with Crippen LogP contribution in [-0.4, -0.2) is 31.0 Å². The summed E-state index contributed by atoms with van der Waals surface area (Å²) in [4.78, 5) is 1.14. The Morgan fingerprint density at radius 2 is 2.35 bits per heavy atom. The highest BCUT2D eigenvalue weighted by Crippen LogP contribution is 2.31. The average molecular weight is 343 g/mol. The molecule has 3 nitrogen and oxygen atoms in total. The summed E-state index contributed by atoms with van der Waals surface area (Å²) in [5, 5.41) is 13.2. The molecule has 17 heavy (non-hydrogen) atoms. The third-order valence-electron chi connectivity index (χ3n) is 2.35. The summed E-state index contributed by atoms with van der Waals surface area (Å²) in [6, 6.07) is 1.99. The molecule has 2 N–H and O–H groups in total. The molecular formula is C11H17BrClNO2S. The fourth-order valence-electron chi connectivity index (χ4n) is 1.34. The van der Waals surface area contributed by atoms with Crippen molar-refractivity contribution < 1.29 is 9.84 Å². The first-order chi connectivity index (χ1) is 7.94. The molecule has 0 aliphatic carbocycles. The molecule has 0 radical (unpaired) electrons. The second-order valence-electron chi connectivity index (χ2n) is 4.18. The fraction of sp³-hybridized carbons (Fsp3) is 0.636. The number of rotatable bonds is 7. The molecule has 1 rings (SSSR count). The Kier molecular flexibility index (Phi) is 6.40. The standard InChI is InChI=1S/C11H17BrClNO2S/c1-11(15,3-4-16-2)7-14-6-8-5-9(12)10(13)17-8/h5,14-15H,3-4,6-7H2,1-2H3. The van der Waals surface area contributed by atoms with Gasteiger partial charge in [0.25, 0.3) is 0 Å². The van der Waals surface area contributed by atoms with Crippen LogP contribution in [-0.2, 0) is 11.3 Å². The van der Waals surface area contributed by atoms with Gasteiger partial charge in [0.15, 0.2) is 0 Å². The molecule has 0 spiro atoms. The van der Waals surface area contributed by atoms with Crippen molar-refractivity contribution in [2.45, 2.75) is 25.5 Å².